The van der Waals surface area contributed by atoms with Crippen LogP contribution in [0.1, 0.15) is 19.3 Å². The molecular weight excluding hydrogens is 104 g/mol. The van der Waals surface area contributed by atoms with Gasteiger partial charge in [-0.05, 0) is 19.3 Å². The lowest BCUT2D eigenvalue weighted by atomic mass is 9.93. The molecule has 45 valence electrons. The van der Waals surface area contributed by atoms with E-state index in [1.807, 2.05) is 0 Å². The topological polar surface area (TPSA) is 52.9 Å². The van der Waals surface area contributed by atoms with Gasteiger partial charge in [0.15, 0.2) is 0 Å². The van der Waals surface area contributed by atoms with Gasteiger partial charge in [0, 0.05) is 6.04 Å². The predicted molar refractivity (Wildman–Crippen MR) is 29.3 cm³/mol. The van der Waals surface area contributed by atoms with Crippen LogP contribution in [-0.2, 0) is 0 Å². The largest absolute Gasteiger partial charge is 0.334 e. The van der Waals surface area contributed by atoms with Gasteiger partial charge in [-0.25, -0.2) is 10.5 Å². The molecule has 0 heterocycles. The van der Waals surface area contributed by atoms with E-state index < -0.39 is 6.03 Å². The molecule has 0 saturated heterocycles. The van der Waals surface area contributed by atoms with Crippen molar-refractivity contribution in [1.29, 1.82) is 0 Å². The third kappa shape index (κ3) is 1.12. The van der Waals surface area contributed by atoms with Crippen LogP contribution in [0.3, 0.4) is 0 Å². The summed E-state index contributed by atoms with van der Waals surface area (Å²) in [7, 11) is 0. The van der Waals surface area contributed by atoms with E-state index in [1.54, 1.807) is 0 Å². The van der Waals surface area contributed by atoms with Crippen LogP contribution in [0.25, 0.3) is 0 Å². The molecule has 1 radical (unpaired) electrons. The molecular formula is C5H9N2O. The average Bonchev–Trinajstić information content (AvgIpc) is 1.55. The molecule has 0 unspecified atom stereocenters. The van der Waals surface area contributed by atoms with Gasteiger partial charge in [0.25, 0.3) is 0 Å². The Labute approximate surface area is 48.2 Å². The van der Waals surface area contributed by atoms with Gasteiger partial charge < -0.3 is 5.32 Å². The molecule has 1 rings (SSSR count). The molecule has 0 atom stereocenters. The summed E-state index contributed by atoms with van der Waals surface area (Å²) in [4.78, 5) is 10.0. The first-order chi connectivity index (χ1) is 3.79. The minimum atomic E-state index is -0.644. The van der Waals surface area contributed by atoms with Crippen LogP contribution in [0.2, 0.25) is 0 Å². The standard InChI is InChI=1S/C5H9N2O/c6-5(8)7-4-2-1-3-4/h4,6H,1-3H2,(H,7,8). The van der Waals surface area contributed by atoms with Crippen LogP contribution in [0.4, 0.5) is 4.79 Å². The lowest BCUT2D eigenvalue weighted by Gasteiger charge is -2.24. The summed E-state index contributed by atoms with van der Waals surface area (Å²) in [5.41, 5.74) is 6.50. The third-order valence-electron chi connectivity index (χ3n) is 1.44. The van der Waals surface area contributed by atoms with E-state index in [9.17, 15) is 4.79 Å². The summed E-state index contributed by atoms with van der Waals surface area (Å²) < 4.78 is 0. The van der Waals surface area contributed by atoms with E-state index in [0.717, 1.165) is 12.8 Å². The Morgan fingerprint density at radius 2 is 2.25 bits per heavy atom. The molecule has 3 heteroatoms. The number of urea groups is 1. The zero-order valence-electron chi connectivity index (χ0n) is 4.61. The second-order valence-electron chi connectivity index (χ2n) is 2.10. The molecule has 3 nitrogen and oxygen atoms in total. The van der Waals surface area contributed by atoms with Gasteiger partial charge in [-0.15, -0.1) is 0 Å². The van der Waals surface area contributed by atoms with E-state index >= 15 is 0 Å². The molecule has 0 aromatic carbocycles. The summed E-state index contributed by atoms with van der Waals surface area (Å²) in [6.45, 7) is 0. The van der Waals surface area contributed by atoms with Gasteiger partial charge in [-0.2, -0.15) is 0 Å². The molecule has 1 aliphatic rings. The summed E-state index contributed by atoms with van der Waals surface area (Å²) in [5.74, 6) is 0. The Hall–Kier alpha value is -0.730. The molecule has 1 aliphatic carbocycles. The summed E-state index contributed by atoms with van der Waals surface area (Å²) in [5, 5.41) is 2.51. The van der Waals surface area contributed by atoms with E-state index in [-0.39, 0.29) is 0 Å². The number of nitrogens with one attached hydrogen (secondary N) is 2. The molecule has 0 aromatic rings. The van der Waals surface area contributed by atoms with E-state index in [4.69, 9.17) is 5.73 Å². The maximum atomic E-state index is 10.0. The van der Waals surface area contributed by atoms with E-state index in [2.05, 4.69) is 5.32 Å². The zero-order chi connectivity index (χ0) is 5.98. The number of carbonyl (C=O) groups is 1. The van der Waals surface area contributed by atoms with Gasteiger partial charge in [0.1, 0.15) is 0 Å². The predicted octanol–water partition coefficient (Wildman–Crippen LogP) is 0.531. The van der Waals surface area contributed by atoms with Crippen molar-refractivity contribution in [2.45, 2.75) is 25.3 Å². The van der Waals surface area contributed by atoms with Gasteiger partial charge in [0.2, 0.25) is 0 Å². The van der Waals surface area contributed by atoms with Gasteiger partial charge in [-0.1, -0.05) is 0 Å². The number of hydrogen-bond acceptors (Lipinski definition) is 1. The highest BCUT2D eigenvalue weighted by molar-refractivity contribution is 5.71. The van der Waals surface area contributed by atoms with E-state index in [1.165, 1.54) is 6.42 Å². The Kier molecular flexibility index (Phi) is 1.37. The van der Waals surface area contributed by atoms with Crippen LogP contribution in [-0.4, -0.2) is 12.1 Å². The Morgan fingerprint density at radius 3 is 2.38 bits per heavy atom. The molecule has 2 amide bonds. The first-order valence-electron chi connectivity index (χ1n) is 2.81. The molecule has 0 aliphatic heterocycles. The maximum absolute atomic E-state index is 10.0. The number of hydrogen-bond donors (Lipinski definition) is 1. The van der Waals surface area contributed by atoms with Crippen molar-refractivity contribution in [3.8, 4) is 0 Å². The minimum Gasteiger partial charge on any atom is -0.334 e. The number of carbonyl (C=O) groups excluding carboxylic acids is 1. The van der Waals surface area contributed by atoms with Crippen molar-refractivity contribution < 1.29 is 4.79 Å². The lowest BCUT2D eigenvalue weighted by molar-refractivity contribution is 0.235. The highest BCUT2D eigenvalue weighted by Gasteiger charge is 2.17. The highest BCUT2D eigenvalue weighted by atomic mass is 16.2. The van der Waals surface area contributed by atoms with Crippen molar-refractivity contribution in [2.24, 2.45) is 0 Å². The molecule has 1 saturated carbocycles. The maximum Gasteiger partial charge on any atom is 0.333 e. The van der Waals surface area contributed by atoms with Crippen LogP contribution in [0.5, 0.6) is 0 Å². The second-order valence-corrected chi connectivity index (χ2v) is 2.10. The molecule has 0 spiro atoms. The SMILES string of the molecule is [NH]C(=O)NC1CCC1. The highest BCUT2D eigenvalue weighted by Crippen LogP contribution is 2.17. The first-order valence-corrected chi connectivity index (χ1v) is 2.81. The van der Waals surface area contributed by atoms with Crippen molar-refractivity contribution >= 4 is 6.03 Å². The molecule has 8 heavy (non-hydrogen) atoms. The van der Waals surface area contributed by atoms with E-state index in [0.29, 0.717) is 6.04 Å². The first kappa shape index (κ1) is 5.41. The average molecular weight is 113 g/mol. The van der Waals surface area contributed by atoms with Crippen LogP contribution < -0.4 is 11.1 Å². The van der Waals surface area contributed by atoms with Crippen molar-refractivity contribution in [3.63, 3.8) is 0 Å². The van der Waals surface area contributed by atoms with Crippen molar-refractivity contribution in [2.75, 3.05) is 0 Å². The summed E-state index contributed by atoms with van der Waals surface area (Å²) >= 11 is 0. The van der Waals surface area contributed by atoms with Crippen molar-refractivity contribution in [1.82, 2.24) is 11.1 Å². The van der Waals surface area contributed by atoms with Crippen LogP contribution >= 0.6 is 0 Å². The second kappa shape index (κ2) is 2.03. The molecule has 0 aromatic heterocycles. The molecule has 1 fully saturated rings. The van der Waals surface area contributed by atoms with Crippen LogP contribution in [0.15, 0.2) is 0 Å². The Balaban J connectivity index is 2.09. The zero-order valence-corrected chi connectivity index (χ0v) is 4.61. The van der Waals surface area contributed by atoms with Gasteiger partial charge >= 0.3 is 6.03 Å². The molecule has 0 bridgehead atoms. The number of rotatable bonds is 1. The van der Waals surface area contributed by atoms with Gasteiger partial charge in [-0.3, -0.25) is 0 Å². The van der Waals surface area contributed by atoms with Crippen molar-refractivity contribution in [3.05, 3.63) is 0 Å². The van der Waals surface area contributed by atoms with Gasteiger partial charge in [0.05, 0.1) is 0 Å². The normalized spacial score (nSPS) is 19.5. The fraction of sp³-hybridized carbons (Fsp3) is 0.800. The van der Waals surface area contributed by atoms with Crippen LogP contribution in [0, 0.1) is 0 Å². The minimum absolute atomic E-state index is 0.319. The smallest absolute Gasteiger partial charge is 0.333 e. The molecule has 2 N–H and O–H groups in total. The summed E-state index contributed by atoms with van der Waals surface area (Å²) in [6, 6.07) is -0.324. The Morgan fingerprint density at radius 1 is 1.62 bits per heavy atom. The quantitative estimate of drug-likeness (QED) is 0.529. The summed E-state index contributed by atoms with van der Waals surface area (Å²) in [6.07, 6.45) is 3.32. The lowest BCUT2D eigenvalue weighted by Crippen LogP contribution is -2.39. The third-order valence-corrected chi connectivity index (χ3v) is 1.44. The Bertz CT molecular complexity index is 98.6. The fourth-order valence-electron chi connectivity index (χ4n) is 0.738. The fourth-order valence-corrected chi connectivity index (χ4v) is 0.738. The number of amides is 2. The monoisotopic (exact) mass is 113 g/mol.